The van der Waals surface area contributed by atoms with Crippen molar-refractivity contribution in [2.75, 3.05) is 42.4 Å². The zero-order valence-electron chi connectivity index (χ0n) is 33.1. The summed E-state index contributed by atoms with van der Waals surface area (Å²) in [5, 5.41) is 3.33. The third-order valence-corrected chi connectivity index (χ3v) is 12.6. The van der Waals surface area contributed by atoms with Crippen molar-refractivity contribution >= 4 is 53.8 Å². The fourth-order valence-corrected chi connectivity index (χ4v) is 8.90. The van der Waals surface area contributed by atoms with Crippen LogP contribution in [0.5, 0.6) is 17.2 Å². The first-order chi connectivity index (χ1) is 26.2. The van der Waals surface area contributed by atoms with Gasteiger partial charge in [0.25, 0.3) is 0 Å². The molecule has 5 nitrogen and oxygen atoms in total. The molecule has 1 saturated carbocycles. The number of esters is 1. The predicted molar refractivity (Wildman–Crippen MR) is 234 cm³/mol. The number of halogens is 3. The molecule has 304 valence electrons. The Morgan fingerprint density at radius 2 is 0.906 bits per heavy atom. The molecule has 0 aromatic heterocycles. The van der Waals surface area contributed by atoms with Gasteiger partial charge in [0.15, 0.2) is 11.5 Å². The standard InChI is InChI=1S/C45H73Br3O5/c46-27-19-13-7-1-4-10-16-22-30-50-42-35-40(45(49)53-37-41-34-38-25-26-39(41)33-38)36-43(51-31-23-17-11-5-2-8-14-20-28-47)44(42)52-32-24-18-12-6-3-9-15-21-29-48/h25-26,35-36,38-39,41H,1-24,27-34,37H2. The first-order valence-corrected chi connectivity index (χ1v) is 25.1. The van der Waals surface area contributed by atoms with E-state index in [1.165, 1.54) is 122 Å². The molecule has 1 aromatic carbocycles. The van der Waals surface area contributed by atoms with Crippen molar-refractivity contribution in [2.45, 2.75) is 167 Å². The van der Waals surface area contributed by atoms with Crippen molar-refractivity contribution < 1.29 is 23.7 Å². The largest absolute Gasteiger partial charge is 0.490 e. The van der Waals surface area contributed by atoms with Crippen LogP contribution in [0, 0.1) is 17.8 Å². The topological polar surface area (TPSA) is 54.0 Å². The van der Waals surface area contributed by atoms with Crippen molar-refractivity contribution in [1.82, 2.24) is 0 Å². The summed E-state index contributed by atoms with van der Waals surface area (Å²) in [6, 6.07) is 3.69. The molecular weight excluding hydrogens is 860 g/mol. The van der Waals surface area contributed by atoms with Gasteiger partial charge >= 0.3 is 5.97 Å². The Morgan fingerprint density at radius 3 is 1.28 bits per heavy atom. The third-order valence-electron chi connectivity index (χ3n) is 10.9. The van der Waals surface area contributed by atoms with Crippen molar-refractivity contribution in [3.05, 3.63) is 29.8 Å². The van der Waals surface area contributed by atoms with Crippen molar-refractivity contribution in [3.8, 4) is 17.2 Å². The van der Waals surface area contributed by atoms with Gasteiger partial charge < -0.3 is 18.9 Å². The number of rotatable bonds is 36. The molecule has 2 aliphatic rings. The lowest BCUT2D eigenvalue weighted by atomic mass is 9.95. The molecule has 0 N–H and O–H groups in total. The van der Waals surface area contributed by atoms with Gasteiger partial charge in [0, 0.05) is 16.0 Å². The molecule has 2 aliphatic carbocycles. The summed E-state index contributed by atoms with van der Waals surface area (Å²) in [7, 11) is 0. The zero-order chi connectivity index (χ0) is 37.6. The van der Waals surface area contributed by atoms with E-state index in [1.54, 1.807) is 0 Å². The second-order valence-corrected chi connectivity index (χ2v) is 17.9. The molecule has 0 aliphatic heterocycles. The molecule has 0 spiro atoms. The molecule has 53 heavy (non-hydrogen) atoms. The number of carbonyl (C=O) groups is 1. The molecule has 0 saturated heterocycles. The van der Waals surface area contributed by atoms with E-state index in [9.17, 15) is 4.79 Å². The summed E-state index contributed by atoms with van der Waals surface area (Å²) >= 11 is 10.6. The normalized spacial score (nSPS) is 17.5. The Hall–Kier alpha value is -0.730. The summed E-state index contributed by atoms with van der Waals surface area (Å²) in [5.74, 6) is 3.20. The van der Waals surface area contributed by atoms with Crippen LogP contribution in [-0.2, 0) is 4.74 Å². The van der Waals surface area contributed by atoms with Crippen LogP contribution in [0.1, 0.15) is 177 Å². The number of ether oxygens (including phenoxy) is 4. The maximum Gasteiger partial charge on any atom is 0.338 e. The SMILES string of the molecule is O=C(OCC1CC2C=CC1C2)c1cc(OCCCCCCCCCCBr)c(OCCCCCCCCCCBr)c(OCCCCCCCCCCBr)c1. The summed E-state index contributed by atoms with van der Waals surface area (Å²) in [4.78, 5) is 13.6. The first-order valence-electron chi connectivity index (χ1n) is 21.8. The Bertz CT molecular complexity index is 1050. The number of hydrogen-bond donors (Lipinski definition) is 0. The number of unbranched alkanes of at least 4 members (excludes halogenated alkanes) is 21. The van der Waals surface area contributed by atoms with Crippen LogP contribution in [0.4, 0.5) is 0 Å². The Morgan fingerprint density at radius 1 is 0.509 bits per heavy atom. The Labute approximate surface area is 349 Å². The fourth-order valence-electron chi connectivity index (χ4n) is 7.71. The molecule has 1 aromatic rings. The molecule has 1 fully saturated rings. The molecular formula is C45H73Br3O5. The average molecular weight is 934 g/mol. The van der Waals surface area contributed by atoms with Gasteiger partial charge in [0.05, 0.1) is 32.0 Å². The van der Waals surface area contributed by atoms with Gasteiger partial charge in [-0.2, -0.15) is 0 Å². The lowest BCUT2D eigenvalue weighted by Gasteiger charge is -2.20. The van der Waals surface area contributed by atoms with Crippen LogP contribution in [0.2, 0.25) is 0 Å². The van der Waals surface area contributed by atoms with Crippen LogP contribution >= 0.6 is 47.8 Å². The second kappa shape index (κ2) is 31.4. The number of carbonyl (C=O) groups excluding carboxylic acids is 1. The van der Waals surface area contributed by atoms with Gasteiger partial charge in [-0.3, -0.25) is 0 Å². The van der Waals surface area contributed by atoms with E-state index in [0.29, 0.717) is 67.0 Å². The molecule has 8 heteroatoms. The summed E-state index contributed by atoms with van der Waals surface area (Å²) in [6.45, 7) is 2.28. The smallest absolute Gasteiger partial charge is 0.338 e. The molecule has 2 bridgehead atoms. The first kappa shape index (κ1) is 46.7. The maximum absolute atomic E-state index is 13.6. The van der Waals surface area contributed by atoms with E-state index in [1.807, 2.05) is 12.1 Å². The zero-order valence-corrected chi connectivity index (χ0v) is 37.8. The number of alkyl halides is 3. The highest BCUT2D eigenvalue weighted by Gasteiger charge is 2.36. The summed E-state index contributed by atoms with van der Waals surface area (Å²) in [6.07, 6.45) is 36.6. The van der Waals surface area contributed by atoms with Crippen molar-refractivity contribution in [3.63, 3.8) is 0 Å². The van der Waals surface area contributed by atoms with Crippen molar-refractivity contribution in [1.29, 1.82) is 0 Å². The average Bonchev–Trinajstić information content (AvgIpc) is 3.80. The number of allylic oxidation sites excluding steroid dienone is 2. The highest BCUT2D eigenvalue weighted by atomic mass is 79.9. The Kier molecular flexibility index (Phi) is 27.6. The molecule has 3 unspecified atom stereocenters. The lowest BCUT2D eigenvalue weighted by Crippen LogP contribution is -2.18. The highest BCUT2D eigenvalue weighted by Crippen LogP contribution is 2.44. The third kappa shape index (κ3) is 20.8. The van der Waals surface area contributed by atoms with E-state index < -0.39 is 0 Å². The minimum Gasteiger partial charge on any atom is -0.490 e. The number of benzene rings is 1. The molecule has 0 radical (unpaired) electrons. The highest BCUT2D eigenvalue weighted by molar-refractivity contribution is 9.09. The van der Waals surface area contributed by atoms with Crippen LogP contribution in [0.25, 0.3) is 0 Å². The maximum atomic E-state index is 13.6. The lowest BCUT2D eigenvalue weighted by molar-refractivity contribution is 0.0419. The minimum atomic E-state index is -0.297. The summed E-state index contributed by atoms with van der Waals surface area (Å²) < 4.78 is 25.4. The van der Waals surface area contributed by atoms with Gasteiger partial charge in [0.2, 0.25) is 5.75 Å². The monoisotopic (exact) mass is 930 g/mol. The van der Waals surface area contributed by atoms with Crippen LogP contribution < -0.4 is 14.2 Å². The van der Waals surface area contributed by atoms with Crippen molar-refractivity contribution in [2.24, 2.45) is 17.8 Å². The molecule has 3 rings (SSSR count). The van der Waals surface area contributed by atoms with E-state index in [4.69, 9.17) is 18.9 Å². The van der Waals surface area contributed by atoms with Gasteiger partial charge in [-0.05, 0) is 81.3 Å². The van der Waals surface area contributed by atoms with Crippen LogP contribution in [0.15, 0.2) is 24.3 Å². The fraction of sp³-hybridized carbons (Fsp3) is 0.800. The molecule has 3 atom stereocenters. The predicted octanol–water partition coefficient (Wildman–Crippen LogP) is 14.7. The van der Waals surface area contributed by atoms with Gasteiger partial charge in [0.1, 0.15) is 0 Å². The number of hydrogen-bond acceptors (Lipinski definition) is 5. The quantitative estimate of drug-likeness (QED) is 0.0290. The summed E-state index contributed by atoms with van der Waals surface area (Å²) in [5.41, 5.74) is 0.493. The van der Waals surface area contributed by atoms with Crippen LogP contribution in [-0.4, -0.2) is 48.4 Å². The molecule has 0 heterocycles. The van der Waals surface area contributed by atoms with Gasteiger partial charge in [-0.1, -0.05) is 176 Å². The van der Waals surface area contributed by atoms with Gasteiger partial charge in [-0.25, -0.2) is 4.79 Å². The Balaban J connectivity index is 1.60. The minimum absolute atomic E-state index is 0.297. The van der Waals surface area contributed by atoms with E-state index in [-0.39, 0.29) is 5.97 Å². The number of fused-ring (bicyclic) bond motifs is 2. The second-order valence-electron chi connectivity index (χ2n) is 15.5. The van der Waals surface area contributed by atoms with Gasteiger partial charge in [-0.15, -0.1) is 0 Å². The van der Waals surface area contributed by atoms with E-state index >= 15 is 0 Å². The van der Waals surface area contributed by atoms with Crippen LogP contribution in [0.3, 0.4) is 0 Å². The molecule has 0 amide bonds. The van der Waals surface area contributed by atoms with E-state index in [2.05, 4.69) is 59.9 Å². The van der Waals surface area contributed by atoms with E-state index in [0.717, 1.165) is 60.9 Å².